The Morgan fingerprint density at radius 2 is 2.11 bits per heavy atom. The summed E-state index contributed by atoms with van der Waals surface area (Å²) in [6.45, 7) is 1.31. The van der Waals surface area contributed by atoms with Gasteiger partial charge in [-0.3, -0.25) is 14.5 Å². The SMILES string of the molecule is COCCCNC(=O)C[C@H]1NC(=O)N(CCc2c[nH]c3ccccc23)C1=O. The molecular formula is C19H24N4O4. The number of methoxy groups -OCH3 is 1. The number of amides is 4. The average molecular weight is 372 g/mol. The number of fused-ring (bicyclic) bond motifs is 1. The number of H-pyrrole nitrogens is 1. The van der Waals surface area contributed by atoms with Crippen molar-refractivity contribution >= 4 is 28.7 Å². The zero-order valence-corrected chi connectivity index (χ0v) is 15.3. The molecule has 0 radical (unpaired) electrons. The number of para-hydroxylation sites is 1. The van der Waals surface area contributed by atoms with E-state index in [9.17, 15) is 14.4 Å². The van der Waals surface area contributed by atoms with Crippen LogP contribution in [-0.4, -0.2) is 60.6 Å². The lowest BCUT2D eigenvalue weighted by molar-refractivity contribution is -0.130. The van der Waals surface area contributed by atoms with Crippen molar-refractivity contribution in [1.82, 2.24) is 20.5 Å². The summed E-state index contributed by atoms with van der Waals surface area (Å²) < 4.78 is 4.92. The first-order chi connectivity index (χ1) is 13.1. The number of nitrogens with zero attached hydrogens (tertiary/aromatic N) is 1. The number of imide groups is 1. The minimum absolute atomic E-state index is 0.0544. The molecule has 27 heavy (non-hydrogen) atoms. The number of carbonyl (C=O) groups is 3. The molecule has 3 rings (SSSR count). The van der Waals surface area contributed by atoms with E-state index in [0.29, 0.717) is 26.0 Å². The van der Waals surface area contributed by atoms with Crippen molar-refractivity contribution in [2.24, 2.45) is 0 Å². The van der Waals surface area contributed by atoms with Gasteiger partial charge in [-0.25, -0.2) is 4.79 Å². The van der Waals surface area contributed by atoms with Gasteiger partial charge >= 0.3 is 6.03 Å². The molecule has 0 bridgehead atoms. The van der Waals surface area contributed by atoms with E-state index in [1.807, 2.05) is 30.5 Å². The number of ether oxygens (including phenoxy) is 1. The molecule has 3 N–H and O–H groups in total. The third-order valence-corrected chi connectivity index (χ3v) is 4.62. The molecule has 1 atom stereocenters. The van der Waals surface area contributed by atoms with Crippen molar-refractivity contribution in [3.8, 4) is 0 Å². The summed E-state index contributed by atoms with van der Waals surface area (Å²) in [5.74, 6) is -0.616. The van der Waals surface area contributed by atoms with E-state index >= 15 is 0 Å². The van der Waals surface area contributed by atoms with Crippen molar-refractivity contribution in [1.29, 1.82) is 0 Å². The van der Waals surface area contributed by atoms with E-state index in [4.69, 9.17) is 4.74 Å². The van der Waals surface area contributed by atoms with Crippen molar-refractivity contribution in [2.75, 3.05) is 26.8 Å². The number of aromatic amines is 1. The van der Waals surface area contributed by atoms with Gasteiger partial charge in [0.25, 0.3) is 5.91 Å². The Hall–Kier alpha value is -2.87. The van der Waals surface area contributed by atoms with Gasteiger partial charge in [-0.15, -0.1) is 0 Å². The van der Waals surface area contributed by atoms with Crippen LogP contribution in [0.25, 0.3) is 10.9 Å². The lowest BCUT2D eigenvalue weighted by Gasteiger charge is -2.12. The van der Waals surface area contributed by atoms with E-state index in [2.05, 4.69) is 15.6 Å². The predicted molar refractivity (Wildman–Crippen MR) is 100 cm³/mol. The molecule has 4 amide bonds. The molecule has 1 aliphatic heterocycles. The smallest absolute Gasteiger partial charge is 0.324 e. The van der Waals surface area contributed by atoms with Crippen molar-refractivity contribution < 1.29 is 19.1 Å². The van der Waals surface area contributed by atoms with Crippen molar-refractivity contribution in [3.63, 3.8) is 0 Å². The molecule has 0 spiro atoms. The third-order valence-electron chi connectivity index (χ3n) is 4.62. The molecule has 0 unspecified atom stereocenters. The Morgan fingerprint density at radius 1 is 1.30 bits per heavy atom. The van der Waals surface area contributed by atoms with Crippen LogP contribution >= 0.6 is 0 Å². The zero-order valence-electron chi connectivity index (χ0n) is 15.3. The molecule has 1 aliphatic rings. The topological polar surface area (TPSA) is 104 Å². The van der Waals surface area contributed by atoms with Crippen LogP contribution < -0.4 is 10.6 Å². The first kappa shape index (κ1) is 18.9. The highest BCUT2D eigenvalue weighted by molar-refractivity contribution is 6.05. The molecule has 144 valence electrons. The Bertz CT molecular complexity index is 832. The number of carbonyl (C=O) groups excluding carboxylic acids is 3. The van der Waals surface area contributed by atoms with Crippen LogP contribution in [0.15, 0.2) is 30.5 Å². The highest BCUT2D eigenvalue weighted by Gasteiger charge is 2.38. The summed E-state index contributed by atoms with van der Waals surface area (Å²) in [4.78, 5) is 40.9. The quantitative estimate of drug-likeness (QED) is 0.454. The normalized spacial score (nSPS) is 16.8. The van der Waals surface area contributed by atoms with Crippen LogP contribution in [0.3, 0.4) is 0 Å². The van der Waals surface area contributed by atoms with Gasteiger partial charge in [0.1, 0.15) is 6.04 Å². The standard InChI is InChI=1S/C19H24N4O4/c1-27-10-4-8-20-17(24)11-16-18(25)23(19(26)22-16)9-7-13-12-21-15-6-3-2-5-14(13)15/h2-3,5-6,12,16,21H,4,7-11H2,1H3,(H,20,24)(H,22,26)/t16-/m1/s1. The van der Waals surface area contributed by atoms with Gasteiger partial charge in [-0.2, -0.15) is 0 Å². The molecular weight excluding hydrogens is 348 g/mol. The van der Waals surface area contributed by atoms with E-state index < -0.39 is 12.1 Å². The fourth-order valence-corrected chi connectivity index (χ4v) is 3.20. The van der Waals surface area contributed by atoms with Crippen LogP contribution in [0.2, 0.25) is 0 Å². The minimum atomic E-state index is -0.803. The molecule has 0 saturated carbocycles. The van der Waals surface area contributed by atoms with E-state index in [1.165, 1.54) is 4.90 Å². The Kier molecular flexibility index (Phi) is 6.08. The second-order valence-electron chi connectivity index (χ2n) is 6.50. The number of urea groups is 1. The maximum absolute atomic E-state index is 12.5. The Morgan fingerprint density at radius 3 is 2.93 bits per heavy atom. The summed E-state index contributed by atoms with van der Waals surface area (Å²) in [6, 6.07) is 6.64. The molecule has 0 aliphatic carbocycles. The molecule has 1 fully saturated rings. The van der Waals surface area contributed by atoms with Gasteiger partial charge in [0.2, 0.25) is 5.91 Å². The van der Waals surface area contributed by atoms with Gasteiger partial charge in [-0.1, -0.05) is 18.2 Å². The van der Waals surface area contributed by atoms with Crippen molar-refractivity contribution in [3.05, 3.63) is 36.0 Å². The molecule has 8 heteroatoms. The third kappa shape index (κ3) is 4.46. The van der Waals surface area contributed by atoms with Gasteiger partial charge < -0.3 is 20.4 Å². The first-order valence-corrected chi connectivity index (χ1v) is 9.02. The Labute approximate surface area is 157 Å². The lowest BCUT2D eigenvalue weighted by atomic mass is 10.1. The minimum Gasteiger partial charge on any atom is -0.385 e. The molecule has 1 aromatic carbocycles. The summed E-state index contributed by atoms with van der Waals surface area (Å²) in [5.41, 5.74) is 2.07. The maximum Gasteiger partial charge on any atom is 0.324 e. The fraction of sp³-hybridized carbons (Fsp3) is 0.421. The highest BCUT2D eigenvalue weighted by Crippen LogP contribution is 2.19. The molecule has 1 saturated heterocycles. The number of aromatic nitrogens is 1. The number of hydrogen-bond donors (Lipinski definition) is 3. The van der Waals surface area contributed by atoms with Gasteiger partial charge in [0.05, 0.1) is 6.42 Å². The second kappa shape index (κ2) is 8.68. The first-order valence-electron chi connectivity index (χ1n) is 9.02. The zero-order chi connectivity index (χ0) is 19.2. The Balaban J connectivity index is 1.52. The number of nitrogens with one attached hydrogen (secondary N) is 3. The highest BCUT2D eigenvalue weighted by atomic mass is 16.5. The lowest BCUT2D eigenvalue weighted by Crippen LogP contribution is -2.37. The van der Waals surface area contributed by atoms with E-state index in [-0.39, 0.29) is 24.8 Å². The van der Waals surface area contributed by atoms with Gasteiger partial charge in [-0.05, 0) is 24.5 Å². The largest absolute Gasteiger partial charge is 0.385 e. The van der Waals surface area contributed by atoms with Crippen LogP contribution in [0.4, 0.5) is 4.79 Å². The number of hydrogen-bond acceptors (Lipinski definition) is 4. The fourth-order valence-electron chi connectivity index (χ4n) is 3.20. The summed E-state index contributed by atoms with van der Waals surface area (Å²) in [6.07, 6.45) is 3.10. The van der Waals surface area contributed by atoms with Crippen LogP contribution in [0, 0.1) is 0 Å². The van der Waals surface area contributed by atoms with Gasteiger partial charge in [0.15, 0.2) is 0 Å². The maximum atomic E-state index is 12.5. The van der Waals surface area contributed by atoms with Crippen LogP contribution in [0.1, 0.15) is 18.4 Å². The van der Waals surface area contributed by atoms with Gasteiger partial charge in [0, 0.05) is 43.9 Å². The van der Waals surface area contributed by atoms with Crippen molar-refractivity contribution in [2.45, 2.75) is 25.3 Å². The molecule has 8 nitrogen and oxygen atoms in total. The summed E-state index contributed by atoms with van der Waals surface area (Å²) in [5, 5.41) is 6.40. The second-order valence-corrected chi connectivity index (χ2v) is 6.50. The molecule has 2 aromatic rings. The monoisotopic (exact) mass is 372 g/mol. The van der Waals surface area contributed by atoms with Crippen LogP contribution in [0.5, 0.6) is 0 Å². The number of benzene rings is 1. The predicted octanol–water partition coefficient (Wildman–Crippen LogP) is 1.17. The van der Waals surface area contributed by atoms with E-state index in [1.54, 1.807) is 7.11 Å². The summed E-state index contributed by atoms with van der Waals surface area (Å²) in [7, 11) is 1.60. The number of rotatable bonds is 9. The molecule has 2 heterocycles. The molecule has 1 aromatic heterocycles. The van der Waals surface area contributed by atoms with E-state index in [0.717, 1.165) is 16.5 Å². The van der Waals surface area contributed by atoms with Crippen LogP contribution in [-0.2, 0) is 20.7 Å². The summed E-state index contributed by atoms with van der Waals surface area (Å²) >= 11 is 0. The average Bonchev–Trinajstić information content (AvgIpc) is 3.18.